The number of methoxy groups -OCH3 is 1. The highest BCUT2D eigenvalue weighted by Gasteiger charge is 2.29. The van der Waals surface area contributed by atoms with Gasteiger partial charge in [0.25, 0.3) is 0 Å². The van der Waals surface area contributed by atoms with Gasteiger partial charge in [-0.05, 0) is 42.2 Å². The molecule has 4 aromatic rings. The second kappa shape index (κ2) is 7.20. The summed E-state index contributed by atoms with van der Waals surface area (Å²) in [5, 5.41) is 3.31. The monoisotopic (exact) mass is 388 g/mol. The molecule has 1 fully saturated rings. The predicted octanol–water partition coefficient (Wildman–Crippen LogP) is 5.10. The van der Waals surface area contributed by atoms with Crippen LogP contribution < -0.4 is 9.64 Å². The number of hydrogen-bond acceptors (Lipinski definition) is 6. The van der Waals surface area contributed by atoms with Crippen molar-refractivity contribution in [3.8, 4) is 16.9 Å². The molecule has 1 saturated heterocycles. The van der Waals surface area contributed by atoms with Gasteiger partial charge in [-0.2, -0.15) is 0 Å². The number of fused-ring (bicyclic) bond motifs is 1. The molecule has 5 nitrogen and oxygen atoms in total. The molecule has 140 valence electrons. The van der Waals surface area contributed by atoms with Gasteiger partial charge in [-0.15, -0.1) is 11.3 Å². The Labute approximate surface area is 167 Å². The van der Waals surface area contributed by atoms with Gasteiger partial charge in [0.05, 0.1) is 18.5 Å². The van der Waals surface area contributed by atoms with Crippen LogP contribution in [0.5, 0.6) is 5.75 Å². The van der Waals surface area contributed by atoms with Gasteiger partial charge in [-0.25, -0.2) is 9.97 Å². The first kappa shape index (κ1) is 17.1. The molecule has 0 radical (unpaired) electrons. The number of nitrogens with zero attached hydrogens (tertiary/aromatic N) is 4. The molecule has 1 aliphatic rings. The van der Waals surface area contributed by atoms with Crippen LogP contribution in [0.15, 0.2) is 60.5 Å². The minimum Gasteiger partial charge on any atom is -0.497 e. The molecule has 0 saturated carbocycles. The van der Waals surface area contributed by atoms with Gasteiger partial charge in [0.15, 0.2) is 0 Å². The lowest BCUT2D eigenvalue weighted by Crippen LogP contribution is -2.24. The molecule has 1 aliphatic heterocycles. The molecular formula is C22H20N4OS. The number of pyridine rings is 1. The Hall–Kier alpha value is -2.99. The molecular weight excluding hydrogens is 368 g/mol. The highest BCUT2D eigenvalue weighted by Crippen LogP contribution is 2.43. The van der Waals surface area contributed by atoms with Gasteiger partial charge in [-0.1, -0.05) is 18.2 Å². The first-order valence-corrected chi connectivity index (χ1v) is 10.3. The number of rotatable bonds is 4. The van der Waals surface area contributed by atoms with Crippen molar-refractivity contribution in [1.82, 2.24) is 15.0 Å². The number of benzene rings is 1. The summed E-state index contributed by atoms with van der Waals surface area (Å²) in [6, 6.07) is 12.7. The highest BCUT2D eigenvalue weighted by molar-refractivity contribution is 7.17. The van der Waals surface area contributed by atoms with Crippen molar-refractivity contribution in [3.05, 3.63) is 66.1 Å². The molecule has 4 heterocycles. The van der Waals surface area contributed by atoms with Crippen LogP contribution in [0.2, 0.25) is 0 Å². The minimum absolute atomic E-state index is 0.301. The average Bonchev–Trinajstić information content (AvgIpc) is 3.42. The van der Waals surface area contributed by atoms with Crippen molar-refractivity contribution in [2.75, 3.05) is 18.6 Å². The molecule has 1 atom stereocenters. The lowest BCUT2D eigenvalue weighted by atomic mass is 10.0. The largest absolute Gasteiger partial charge is 0.497 e. The van der Waals surface area contributed by atoms with E-state index in [9.17, 15) is 0 Å². The van der Waals surface area contributed by atoms with E-state index >= 15 is 0 Å². The van der Waals surface area contributed by atoms with Crippen LogP contribution in [0.3, 0.4) is 0 Å². The Kier molecular flexibility index (Phi) is 4.41. The van der Waals surface area contributed by atoms with Crippen molar-refractivity contribution in [2.45, 2.75) is 18.9 Å². The van der Waals surface area contributed by atoms with Crippen LogP contribution in [0.25, 0.3) is 21.3 Å². The van der Waals surface area contributed by atoms with E-state index in [2.05, 4.69) is 38.4 Å². The molecule has 6 heteroatoms. The van der Waals surface area contributed by atoms with E-state index in [1.165, 1.54) is 11.1 Å². The average molecular weight is 388 g/mol. The second-order valence-electron chi connectivity index (χ2n) is 6.89. The van der Waals surface area contributed by atoms with Crippen molar-refractivity contribution in [1.29, 1.82) is 0 Å². The number of anilines is 1. The van der Waals surface area contributed by atoms with Crippen molar-refractivity contribution in [2.24, 2.45) is 0 Å². The summed E-state index contributed by atoms with van der Waals surface area (Å²) < 4.78 is 5.31. The summed E-state index contributed by atoms with van der Waals surface area (Å²) in [5.74, 6) is 1.87. The third-order valence-corrected chi connectivity index (χ3v) is 6.23. The number of thiophene rings is 1. The third kappa shape index (κ3) is 2.90. The summed E-state index contributed by atoms with van der Waals surface area (Å²) in [4.78, 5) is 17.0. The van der Waals surface area contributed by atoms with Crippen LogP contribution in [-0.4, -0.2) is 28.6 Å². The fraction of sp³-hybridized carbons (Fsp3) is 0.227. The first-order valence-electron chi connectivity index (χ1n) is 9.38. The molecule has 0 spiro atoms. The smallest absolute Gasteiger partial charge is 0.141 e. The normalized spacial score (nSPS) is 16.6. The second-order valence-corrected chi connectivity index (χ2v) is 7.75. The first-order chi connectivity index (χ1) is 13.8. The zero-order valence-electron chi connectivity index (χ0n) is 15.6. The zero-order chi connectivity index (χ0) is 18.9. The molecule has 0 unspecified atom stereocenters. The molecule has 28 heavy (non-hydrogen) atoms. The summed E-state index contributed by atoms with van der Waals surface area (Å²) in [5.41, 5.74) is 3.57. The van der Waals surface area contributed by atoms with Gasteiger partial charge in [0, 0.05) is 29.9 Å². The Bertz CT molecular complexity index is 1090. The summed E-state index contributed by atoms with van der Waals surface area (Å²) in [7, 11) is 1.69. The van der Waals surface area contributed by atoms with E-state index in [0.717, 1.165) is 46.7 Å². The quantitative estimate of drug-likeness (QED) is 0.487. The van der Waals surface area contributed by atoms with Crippen LogP contribution in [-0.2, 0) is 0 Å². The van der Waals surface area contributed by atoms with Gasteiger partial charge < -0.3 is 9.64 Å². The van der Waals surface area contributed by atoms with E-state index < -0.39 is 0 Å². The molecule has 0 bridgehead atoms. The van der Waals surface area contributed by atoms with Crippen LogP contribution in [0.1, 0.15) is 24.4 Å². The maximum atomic E-state index is 5.31. The SMILES string of the molecule is COc1ccc(-c2csc3ncnc(N4CCC[C@@H]4c4cccnc4)c23)cc1. The van der Waals surface area contributed by atoms with Gasteiger partial charge in [0.2, 0.25) is 0 Å². The fourth-order valence-electron chi connectivity index (χ4n) is 4.00. The summed E-state index contributed by atoms with van der Waals surface area (Å²) >= 11 is 1.67. The van der Waals surface area contributed by atoms with Crippen molar-refractivity contribution >= 4 is 27.4 Å². The highest BCUT2D eigenvalue weighted by atomic mass is 32.1. The Balaban J connectivity index is 1.62. The Morgan fingerprint density at radius 1 is 1.14 bits per heavy atom. The van der Waals surface area contributed by atoms with Crippen molar-refractivity contribution in [3.63, 3.8) is 0 Å². The molecule has 5 rings (SSSR count). The maximum Gasteiger partial charge on any atom is 0.141 e. The fourth-order valence-corrected chi connectivity index (χ4v) is 4.91. The summed E-state index contributed by atoms with van der Waals surface area (Å²) in [6.07, 6.45) is 7.74. The lowest BCUT2D eigenvalue weighted by Gasteiger charge is -2.26. The summed E-state index contributed by atoms with van der Waals surface area (Å²) in [6.45, 7) is 0.990. The van der Waals surface area contributed by atoms with Crippen LogP contribution in [0, 0.1) is 0 Å². The lowest BCUT2D eigenvalue weighted by molar-refractivity contribution is 0.415. The van der Waals surface area contributed by atoms with Crippen LogP contribution >= 0.6 is 11.3 Å². The van der Waals surface area contributed by atoms with Crippen LogP contribution in [0.4, 0.5) is 5.82 Å². The number of aromatic nitrogens is 3. The van der Waals surface area contributed by atoms with E-state index in [0.29, 0.717) is 6.04 Å². The maximum absolute atomic E-state index is 5.31. The van der Waals surface area contributed by atoms with E-state index in [1.807, 2.05) is 30.6 Å². The van der Waals surface area contributed by atoms with Gasteiger partial charge in [0.1, 0.15) is 22.7 Å². The topological polar surface area (TPSA) is 51.1 Å². The minimum atomic E-state index is 0.301. The molecule has 0 amide bonds. The number of hydrogen-bond donors (Lipinski definition) is 0. The standard InChI is InChI=1S/C22H20N4OS/c1-27-17-8-6-15(7-9-17)18-13-28-22-20(18)21(24-14-25-22)26-11-3-5-19(26)16-4-2-10-23-12-16/h2,4,6-10,12-14,19H,3,5,11H2,1H3/t19-/m1/s1. The van der Waals surface area contributed by atoms with Gasteiger partial charge in [-0.3, -0.25) is 4.98 Å². The van der Waals surface area contributed by atoms with E-state index in [4.69, 9.17) is 9.72 Å². The molecule has 0 N–H and O–H groups in total. The molecule has 3 aromatic heterocycles. The zero-order valence-corrected chi connectivity index (χ0v) is 16.4. The molecule has 0 aliphatic carbocycles. The number of ether oxygens (including phenoxy) is 1. The molecule has 1 aromatic carbocycles. The van der Waals surface area contributed by atoms with Crippen molar-refractivity contribution < 1.29 is 4.74 Å². The van der Waals surface area contributed by atoms with E-state index in [1.54, 1.807) is 24.8 Å². The Morgan fingerprint density at radius 3 is 2.82 bits per heavy atom. The Morgan fingerprint density at radius 2 is 2.04 bits per heavy atom. The third-order valence-electron chi connectivity index (χ3n) is 5.35. The van der Waals surface area contributed by atoms with E-state index in [-0.39, 0.29) is 0 Å². The predicted molar refractivity (Wildman–Crippen MR) is 113 cm³/mol. The van der Waals surface area contributed by atoms with Gasteiger partial charge >= 0.3 is 0 Å².